The van der Waals surface area contributed by atoms with Crippen LogP contribution in [0.2, 0.25) is 0 Å². The maximum absolute atomic E-state index is 11.5. The number of para-hydroxylation sites is 1. The lowest BCUT2D eigenvalue weighted by Gasteiger charge is -2.46. The van der Waals surface area contributed by atoms with E-state index in [4.69, 9.17) is 0 Å². The number of ketones is 1. The van der Waals surface area contributed by atoms with Crippen molar-refractivity contribution in [3.05, 3.63) is 64.7 Å². The third-order valence-corrected chi connectivity index (χ3v) is 6.24. The number of hydrogen-bond acceptors (Lipinski definition) is 3. The summed E-state index contributed by atoms with van der Waals surface area (Å²) in [6.07, 6.45) is 2.82. The van der Waals surface area contributed by atoms with Crippen LogP contribution < -0.4 is 4.90 Å². The Bertz CT molecular complexity index is 844. The molecule has 2 aliphatic heterocycles. The number of carbonyl (C=O) groups is 1. The largest absolute Gasteiger partial charge is 0.361 e. The van der Waals surface area contributed by atoms with Gasteiger partial charge in [0.1, 0.15) is 5.78 Å². The van der Waals surface area contributed by atoms with Crippen molar-refractivity contribution in [1.82, 2.24) is 4.90 Å². The van der Waals surface area contributed by atoms with Crippen LogP contribution in [-0.2, 0) is 17.6 Å². The quantitative estimate of drug-likeness (QED) is 0.861. The van der Waals surface area contributed by atoms with Gasteiger partial charge in [0.25, 0.3) is 0 Å². The van der Waals surface area contributed by atoms with Crippen LogP contribution in [0, 0.1) is 0 Å². The molecule has 0 spiro atoms. The molecule has 3 aliphatic rings. The number of anilines is 1. The van der Waals surface area contributed by atoms with Crippen LogP contribution in [0.3, 0.4) is 0 Å². The van der Waals surface area contributed by atoms with E-state index in [0.717, 1.165) is 32.5 Å². The zero-order valence-corrected chi connectivity index (χ0v) is 14.7. The number of carbonyl (C=O) groups excluding carboxylic acids is 1. The molecule has 3 nitrogen and oxygen atoms in total. The molecule has 0 unspecified atom stereocenters. The van der Waals surface area contributed by atoms with E-state index in [1.54, 1.807) is 12.5 Å². The summed E-state index contributed by atoms with van der Waals surface area (Å²) in [5.41, 5.74) is 7.43. The van der Waals surface area contributed by atoms with Gasteiger partial charge in [0.05, 0.1) is 6.04 Å². The van der Waals surface area contributed by atoms with Gasteiger partial charge in [0, 0.05) is 37.8 Å². The molecule has 128 valence electrons. The first-order valence-corrected chi connectivity index (χ1v) is 9.41. The minimum atomic E-state index is 0.296. The highest BCUT2D eigenvalue weighted by molar-refractivity contribution is 5.75. The van der Waals surface area contributed by atoms with Gasteiger partial charge in [-0.15, -0.1) is 0 Å². The van der Waals surface area contributed by atoms with Gasteiger partial charge < -0.3 is 4.90 Å². The summed E-state index contributed by atoms with van der Waals surface area (Å²) in [4.78, 5) is 16.7. The van der Waals surface area contributed by atoms with Crippen LogP contribution in [0.1, 0.15) is 41.6 Å². The topological polar surface area (TPSA) is 23.6 Å². The number of hydrogen-bond donors (Lipinski definition) is 0. The summed E-state index contributed by atoms with van der Waals surface area (Å²) in [6, 6.07) is 16.7. The average Bonchev–Trinajstić information content (AvgIpc) is 2.93. The second-order valence-electron chi connectivity index (χ2n) is 7.69. The van der Waals surface area contributed by atoms with Crippen molar-refractivity contribution in [1.29, 1.82) is 0 Å². The van der Waals surface area contributed by atoms with Gasteiger partial charge in [-0.3, -0.25) is 9.69 Å². The van der Waals surface area contributed by atoms with Gasteiger partial charge in [-0.2, -0.15) is 0 Å². The van der Waals surface area contributed by atoms with Crippen LogP contribution in [0.4, 0.5) is 5.69 Å². The SMILES string of the molecule is CC(=O)CCN1CCN2c3ccccc3Cc3cccc4c3[C@H]2[C@@H]1C4. The molecule has 0 saturated carbocycles. The zero-order valence-electron chi connectivity index (χ0n) is 14.7. The second kappa shape index (κ2) is 5.70. The van der Waals surface area contributed by atoms with E-state index >= 15 is 0 Å². The van der Waals surface area contributed by atoms with Crippen LogP contribution in [0.15, 0.2) is 42.5 Å². The molecule has 0 bridgehead atoms. The Morgan fingerprint density at radius 1 is 1.04 bits per heavy atom. The molecule has 0 aromatic heterocycles. The van der Waals surface area contributed by atoms with E-state index in [1.807, 2.05) is 0 Å². The molecule has 1 fully saturated rings. The fourth-order valence-corrected chi connectivity index (χ4v) is 5.14. The normalized spacial score (nSPS) is 23.8. The monoisotopic (exact) mass is 332 g/mol. The van der Waals surface area contributed by atoms with E-state index in [0.29, 0.717) is 24.3 Å². The van der Waals surface area contributed by atoms with E-state index in [1.165, 1.54) is 22.4 Å². The number of nitrogens with zero attached hydrogens (tertiary/aromatic N) is 2. The van der Waals surface area contributed by atoms with Crippen molar-refractivity contribution >= 4 is 11.5 Å². The van der Waals surface area contributed by atoms with Gasteiger partial charge in [0.2, 0.25) is 0 Å². The molecule has 2 aromatic rings. The number of piperazine rings is 1. The van der Waals surface area contributed by atoms with Crippen molar-refractivity contribution in [2.24, 2.45) is 0 Å². The predicted molar refractivity (Wildman–Crippen MR) is 100 cm³/mol. The van der Waals surface area contributed by atoms with Gasteiger partial charge in [-0.05, 0) is 48.1 Å². The highest BCUT2D eigenvalue weighted by Crippen LogP contribution is 2.48. The smallest absolute Gasteiger partial charge is 0.131 e. The highest BCUT2D eigenvalue weighted by Gasteiger charge is 2.45. The van der Waals surface area contributed by atoms with E-state index in [-0.39, 0.29) is 0 Å². The first-order valence-electron chi connectivity index (χ1n) is 9.41. The Balaban J connectivity index is 1.61. The average molecular weight is 332 g/mol. The molecule has 25 heavy (non-hydrogen) atoms. The third-order valence-electron chi connectivity index (χ3n) is 6.24. The zero-order chi connectivity index (χ0) is 17.0. The molecular weight excluding hydrogens is 308 g/mol. The molecule has 1 saturated heterocycles. The Morgan fingerprint density at radius 3 is 2.72 bits per heavy atom. The number of rotatable bonds is 3. The summed E-state index contributed by atoms with van der Waals surface area (Å²) in [5.74, 6) is 0.296. The van der Waals surface area contributed by atoms with Crippen LogP contribution in [0.25, 0.3) is 0 Å². The lowest BCUT2D eigenvalue weighted by atomic mass is 9.96. The number of Topliss-reactive ketones (excluding diaryl/α,β-unsaturated/α-hetero) is 1. The minimum absolute atomic E-state index is 0.296. The predicted octanol–water partition coefficient (Wildman–Crippen LogP) is 3.36. The van der Waals surface area contributed by atoms with Crippen LogP contribution >= 0.6 is 0 Å². The molecule has 2 heterocycles. The molecular formula is C22H24N2O. The van der Waals surface area contributed by atoms with Gasteiger partial charge in [-0.1, -0.05) is 36.4 Å². The maximum atomic E-state index is 11.5. The van der Waals surface area contributed by atoms with Gasteiger partial charge >= 0.3 is 0 Å². The highest BCUT2D eigenvalue weighted by atomic mass is 16.1. The Labute approximate surface area is 149 Å². The summed E-state index contributed by atoms with van der Waals surface area (Å²) < 4.78 is 0. The minimum Gasteiger partial charge on any atom is -0.361 e. The number of fused-ring (bicyclic) bond motifs is 2. The van der Waals surface area contributed by atoms with Crippen LogP contribution in [-0.4, -0.2) is 36.4 Å². The van der Waals surface area contributed by atoms with Gasteiger partial charge in [0.15, 0.2) is 0 Å². The summed E-state index contributed by atoms with van der Waals surface area (Å²) >= 11 is 0. The second-order valence-corrected chi connectivity index (χ2v) is 7.69. The lowest BCUT2D eigenvalue weighted by molar-refractivity contribution is -0.117. The van der Waals surface area contributed by atoms with Crippen molar-refractivity contribution in [3.63, 3.8) is 0 Å². The molecule has 3 heteroatoms. The molecule has 5 rings (SSSR count). The summed E-state index contributed by atoms with van der Waals surface area (Å²) in [6.45, 7) is 4.70. The van der Waals surface area contributed by atoms with E-state index in [2.05, 4.69) is 52.3 Å². The Kier molecular flexibility index (Phi) is 3.46. The van der Waals surface area contributed by atoms with Crippen molar-refractivity contribution in [2.75, 3.05) is 24.5 Å². The molecule has 0 N–H and O–H groups in total. The third kappa shape index (κ3) is 2.33. The van der Waals surface area contributed by atoms with Crippen LogP contribution in [0.5, 0.6) is 0 Å². The molecule has 0 radical (unpaired) electrons. The van der Waals surface area contributed by atoms with Crippen molar-refractivity contribution in [2.45, 2.75) is 38.3 Å². The summed E-state index contributed by atoms with van der Waals surface area (Å²) in [5, 5.41) is 0. The first-order chi connectivity index (χ1) is 12.2. The number of benzene rings is 2. The molecule has 2 atom stereocenters. The van der Waals surface area contributed by atoms with Gasteiger partial charge in [-0.25, -0.2) is 0 Å². The molecule has 0 amide bonds. The Morgan fingerprint density at radius 2 is 1.84 bits per heavy atom. The maximum Gasteiger partial charge on any atom is 0.131 e. The lowest BCUT2D eigenvalue weighted by Crippen LogP contribution is -2.54. The van der Waals surface area contributed by atoms with E-state index in [9.17, 15) is 4.79 Å². The van der Waals surface area contributed by atoms with Crippen molar-refractivity contribution in [3.8, 4) is 0 Å². The summed E-state index contributed by atoms with van der Waals surface area (Å²) in [7, 11) is 0. The first kappa shape index (κ1) is 15.2. The molecule has 2 aromatic carbocycles. The fourth-order valence-electron chi connectivity index (χ4n) is 5.14. The fraction of sp³-hybridized carbons (Fsp3) is 0.409. The molecule has 1 aliphatic carbocycles. The van der Waals surface area contributed by atoms with Crippen molar-refractivity contribution < 1.29 is 4.79 Å². The Hall–Kier alpha value is -2.13. The van der Waals surface area contributed by atoms with E-state index < -0.39 is 0 Å². The standard InChI is InChI=1S/C22H24N2O/c1-15(25)9-10-23-11-12-24-19-8-3-2-5-16(19)13-17-6-4-7-18-14-20(23)22(24)21(17)18/h2-8,20,22H,9-14H2,1H3/t20-,22+/m0/s1.